The number of carbonyl (C=O) groups is 2. The van der Waals surface area contributed by atoms with Gasteiger partial charge in [-0.1, -0.05) is 36.8 Å². The highest BCUT2D eigenvalue weighted by atomic mass is 16.6. The number of carbonyl (C=O) groups excluding carboxylic acids is 2. The number of benzene rings is 1. The number of methoxy groups -OCH3 is 2. The van der Waals surface area contributed by atoms with Crippen LogP contribution in [0, 0.1) is 5.92 Å². The summed E-state index contributed by atoms with van der Waals surface area (Å²) < 4.78 is 16.6. The lowest BCUT2D eigenvalue weighted by atomic mass is 9.91. The number of anilines is 2. The minimum atomic E-state index is -1.09. The van der Waals surface area contributed by atoms with Gasteiger partial charge in [-0.3, -0.25) is 10.0 Å². The molecule has 12 heteroatoms. The van der Waals surface area contributed by atoms with Crippen LogP contribution in [0.5, 0.6) is 11.5 Å². The summed E-state index contributed by atoms with van der Waals surface area (Å²) in [7, 11) is 2.91. The minimum Gasteiger partial charge on any atom is -0.506 e. The summed E-state index contributed by atoms with van der Waals surface area (Å²) in [5, 5.41) is 45.3. The Kier molecular flexibility index (Phi) is 11.8. The van der Waals surface area contributed by atoms with E-state index in [4.69, 9.17) is 19.4 Å². The first-order valence-corrected chi connectivity index (χ1v) is 14.1. The number of rotatable bonds is 4. The number of aromatic hydroxyl groups is 2. The SMILES string of the molecule is CO[C@H]1C=C/C=C(\C)C(=O)Nc2cc(O)c(N3CCC3)c(c2O)/C=C(/C)C[C@H](OC)[C@H](O)[C@@H](C)/C=C(\C)[C@@H]1OC(=O)NO. The fraction of sp³-hybridized carbons (Fsp3) is 0.484. The summed E-state index contributed by atoms with van der Waals surface area (Å²) in [6, 6.07) is 1.33. The molecule has 0 spiro atoms. The van der Waals surface area contributed by atoms with Crippen LogP contribution in [-0.4, -0.2) is 84.3 Å². The molecule has 3 rings (SSSR count). The molecule has 12 nitrogen and oxygen atoms in total. The fourth-order valence-electron chi connectivity index (χ4n) is 5.16. The quantitative estimate of drug-likeness (QED) is 0.0974. The molecule has 1 saturated heterocycles. The van der Waals surface area contributed by atoms with E-state index in [-0.39, 0.29) is 29.2 Å². The van der Waals surface area contributed by atoms with E-state index in [0.717, 1.165) is 12.0 Å². The average Bonchev–Trinajstić information content (AvgIpc) is 2.95. The summed E-state index contributed by atoms with van der Waals surface area (Å²) in [6.07, 6.45) is 4.79. The van der Waals surface area contributed by atoms with Crippen molar-refractivity contribution in [2.75, 3.05) is 37.5 Å². The molecule has 2 amide bonds. The van der Waals surface area contributed by atoms with E-state index in [1.165, 1.54) is 31.8 Å². The van der Waals surface area contributed by atoms with Crippen LogP contribution in [-0.2, 0) is 19.0 Å². The second-order valence-electron chi connectivity index (χ2n) is 11.0. The number of aliphatic hydroxyl groups is 1. The van der Waals surface area contributed by atoms with Gasteiger partial charge in [0, 0.05) is 50.4 Å². The van der Waals surface area contributed by atoms with Crippen molar-refractivity contribution in [3.63, 3.8) is 0 Å². The van der Waals surface area contributed by atoms with Gasteiger partial charge in [0.1, 0.15) is 17.6 Å². The van der Waals surface area contributed by atoms with Gasteiger partial charge in [-0.2, -0.15) is 0 Å². The topological polar surface area (TPSA) is 170 Å². The number of phenolic OH excluding ortho intramolecular Hbond substituents is 2. The minimum absolute atomic E-state index is 0.0375. The van der Waals surface area contributed by atoms with Crippen LogP contribution in [0.2, 0.25) is 0 Å². The van der Waals surface area contributed by atoms with Crippen molar-refractivity contribution in [1.82, 2.24) is 5.48 Å². The summed E-state index contributed by atoms with van der Waals surface area (Å²) in [5.41, 5.74) is 3.87. The molecule has 5 atom stereocenters. The Morgan fingerprint density at radius 2 is 1.84 bits per heavy atom. The zero-order chi connectivity index (χ0) is 31.8. The first-order valence-electron chi connectivity index (χ1n) is 14.1. The van der Waals surface area contributed by atoms with Crippen LogP contribution in [0.4, 0.5) is 16.2 Å². The van der Waals surface area contributed by atoms with Gasteiger partial charge in [0.25, 0.3) is 5.91 Å². The van der Waals surface area contributed by atoms with E-state index in [9.17, 15) is 24.9 Å². The third-order valence-corrected chi connectivity index (χ3v) is 7.72. The predicted octanol–water partition coefficient (Wildman–Crippen LogP) is 4.01. The summed E-state index contributed by atoms with van der Waals surface area (Å²) in [5.74, 6) is -1.27. The Morgan fingerprint density at radius 1 is 1.14 bits per heavy atom. The molecule has 6 N–H and O–H groups in total. The number of ether oxygens (including phenoxy) is 3. The van der Waals surface area contributed by atoms with Gasteiger partial charge in [-0.15, -0.1) is 0 Å². The van der Waals surface area contributed by atoms with Crippen molar-refractivity contribution in [1.29, 1.82) is 0 Å². The average molecular weight is 602 g/mol. The molecule has 0 saturated carbocycles. The molecule has 1 aromatic carbocycles. The van der Waals surface area contributed by atoms with Gasteiger partial charge < -0.3 is 39.7 Å². The number of fused-ring (bicyclic) bond motifs is 2. The molecule has 1 aromatic rings. The zero-order valence-corrected chi connectivity index (χ0v) is 25.5. The van der Waals surface area contributed by atoms with E-state index in [1.54, 1.807) is 45.1 Å². The molecule has 2 heterocycles. The first-order chi connectivity index (χ1) is 20.4. The van der Waals surface area contributed by atoms with Crippen molar-refractivity contribution in [3.8, 4) is 11.5 Å². The maximum absolute atomic E-state index is 13.1. The van der Waals surface area contributed by atoms with Gasteiger partial charge in [0.2, 0.25) is 0 Å². The van der Waals surface area contributed by atoms with Gasteiger partial charge >= 0.3 is 6.09 Å². The van der Waals surface area contributed by atoms with Crippen LogP contribution >= 0.6 is 0 Å². The van der Waals surface area contributed by atoms with Crippen molar-refractivity contribution in [2.45, 2.75) is 65.0 Å². The van der Waals surface area contributed by atoms with E-state index >= 15 is 0 Å². The highest BCUT2D eigenvalue weighted by Gasteiger charge is 2.30. The predicted molar refractivity (Wildman–Crippen MR) is 162 cm³/mol. The zero-order valence-electron chi connectivity index (χ0n) is 25.5. The number of hydrogen-bond donors (Lipinski definition) is 6. The highest BCUT2D eigenvalue weighted by Crippen LogP contribution is 2.45. The molecule has 43 heavy (non-hydrogen) atoms. The molecular weight excluding hydrogens is 558 g/mol. The Morgan fingerprint density at radius 3 is 2.42 bits per heavy atom. The lowest BCUT2D eigenvalue weighted by Crippen LogP contribution is -2.37. The molecule has 236 valence electrons. The normalized spacial score (nSPS) is 29.2. The van der Waals surface area contributed by atoms with Crippen molar-refractivity contribution in [3.05, 3.63) is 52.7 Å². The Labute approximate surface area is 251 Å². The van der Waals surface area contributed by atoms with Gasteiger partial charge in [-0.25, -0.2) is 10.3 Å². The van der Waals surface area contributed by atoms with Crippen molar-refractivity contribution < 1.29 is 44.3 Å². The van der Waals surface area contributed by atoms with Gasteiger partial charge in [0.15, 0.2) is 6.10 Å². The largest absolute Gasteiger partial charge is 0.506 e. The second-order valence-corrected chi connectivity index (χ2v) is 11.0. The number of amides is 2. The van der Waals surface area contributed by atoms with Crippen LogP contribution < -0.4 is 15.7 Å². The van der Waals surface area contributed by atoms with Gasteiger partial charge in [0.05, 0.1) is 23.6 Å². The molecule has 0 radical (unpaired) electrons. The maximum atomic E-state index is 13.1. The number of nitrogens with one attached hydrogen (secondary N) is 2. The van der Waals surface area contributed by atoms with Crippen LogP contribution in [0.3, 0.4) is 0 Å². The van der Waals surface area contributed by atoms with E-state index in [0.29, 0.717) is 29.9 Å². The summed E-state index contributed by atoms with van der Waals surface area (Å²) in [4.78, 5) is 27.0. The standard InChI is InChI=1S/C31H43N3O9/c1-17-13-21-26(34-11-8-12-34)23(35)16-22(28(21)37)32-30(38)18(2)9-7-10-24(41-5)29(43-31(39)33-40)20(4)15-19(3)27(36)25(14-17)42-6/h7,9-10,13,15-16,19,24-25,27,29,35-37,40H,8,11-12,14H2,1-6H3,(H,32,38)(H,33,39)/b10-7?,17-13-,18-9+,20-15+/t19-,24-,25-,27+,29-/m0/s1. The molecule has 0 aromatic heterocycles. The third-order valence-electron chi connectivity index (χ3n) is 7.72. The third kappa shape index (κ3) is 8.17. The van der Waals surface area contributed by atoms with Crippen LogP contribution in [0.15, 0.2) is 47.1 Å². The number of phenols is 2. The molecular formula is C31H43N3O9. The highest BCUT2D eigenvalue weighted by molar-refractivity contribution is 6.05. The first kappa shape index (κ1) is 33.7. The van der Waals surface area contributed by atoms with Crippen molar-refractivity contribution >= 4 is 29.5 Å². The number of nitrogens with zero attached hydrogens (tertiary/aromatic N) is 1. The molecule has 2 aliphatic rings. The van der Waals surface area contributed by atoms with E-state index in [2.05, 4.69) is 5.32 Å². The van der Waals surface area contributed by atoms with E-state index < -0.39 is 42.3 Å². The van der Waals surface area contributed by atoms with Gasteiger partial charge in [-0.05, 0) is 45.3 Å². The monoisotopic (exact) mass is 601 g/mol. The smallest absolute Gasteiger partial charge is 0.431 e. The Balaban J connectivity index is 2.16. The van der Waals surface area contributed by atoms with Crippen LogP contribution in [0.1, 0.15) is 46.1 Å². The maximum Gasteiger partial charge on any atom is 0.431 e. The van der Waals surface area contributed by atoms with Crippen LogP contribution in [0.25, 0.3) is 6.08 Å². The van der Waals surface area contributed by atoms with E-state index in [1.807, 2.05) is 11.8 Å². The fourth-order valence-corrected chi connectivity index (χ4v) is 5.16. The lowest BCUT2D eigenvalue weighted by Gasteiger charge is -2.35. The Hall–Kier alpha value is -3.84. The Bertz CT molecular complexity index is 1300. The number of hydrogen-bond acceptors (Lipinski definition) is 10. The summed E-state index contributed by atoms with van der Waals surface area (Å²) in [6.45, 7) is 8.33. The summed E-state index contributed by atoms with van der Waals surface area (Å²) >= 11 is 0. The molecule has 2 aliphatic heterocycles. The number of allylic oxidation sites excluding steroid dienone is 2. The molecule has 0 aliphatic carbocycles. The molecule has 0 unspecified atom stereocenters. The number of aliphatic hydroxyl groups excluding tert-OH is 1. The lowest BCUT2D eigenvalue weighted by molar-refractivity contribution is -0.112. The molecule has 1 fully saturated rings. The molecule has 2 bridgehead atoms. The van der Waals surface area contributed by atoms with Crippen molar-refractivity contribution in [2.24, 2.45) is 5.92 Å². The number of hydroxylamine groups is 1. The second kappa shape index (κ2) is 15.1.